The van der Waals surface area contributed by atoms with Crippen LogP contribution in [-0.2, 0) is 0 Å². The van der Waals surface area contributed by atoms with Crippen molar-refractivity contribution >= 4 is 11.6 Å². The molecule has 2 rings (SSSR count). The first-order valence-corrected chi connectivity index (χ1v) is 8.24. The van der Waals surface area contributed by atoms with Crippen molar-refractivity contribution in [2.75, 3.05) is 0 Å². The Labute approximate surface area is 152 Å². The summed E-state index contributed by atoms with van der Waals surface area (Å²) in [5.41, 5.74) is -2.70. The second kappa shape index (κ2) is 7.07. The number of hydroxylamine groups is 2. The molecule has 0 amide bonds. The Morgan fingerprint density at radius 1 is 0.654 bits per heavy atom. The SMILES string of the molecule is CC(C)(C(=O)c1ccccc1)/[N+]([O-])=[N+](/[O-])C(C)(C)C(=O)c1ccccc1. The van der Waals surface area contributed by atoms with Gasteiger partial charge < -0.3 is 10.4 Å². The predicted octanol–water partition coefficient (Wildman–Crippen LogP) is 3.78. The highest BCUT2D eigenvalue weighted by Crippen LogP contribution is 2.22. The standard InChI is InChI=1S/C20H22N2O4/c1-19(2,17(23)15-11-7-5-8-12-15)21(25)22(26)20(3,4)18(24)16-13-9-6-10-14-16/h5-14H,1-4H3/b22-21-. The number of azo groups is 1. The number of ketones is 2. The van der Waals surface area contributed by atoms with Gasteiger partial charge in [0.05, 0.1) is 0 Å². The number of benzene rings is 2. The summed E-state index contributed by atoms with van der Waals surface area (Å²) in [6.07, 6.45) is 0. The third-order valence-corrected chi connectivity index (χ3v) is 4.30. The summed E-state index contributed by atoms with van der Waals surface area (Å²) in [4.78, 5) is 25.5. The van der Waals surface area contributed by atoms with Crippen LogP contribution in [0.1, 0.15) is 48.4 Å². The molecule has 0 radical (unpaired) electrons. The Balaban J connectivity index is 2.43. The normalized spacial score (nSPS) is 13.1. The van der Waals surface area contributed by atoms with E-state index in [-0.39, 0.29) is 9.72 Å². The average molecular weight is 354 g/mol. The van der Waals surface area contributed by atoms with Gasteiger partial charge in [0.15, 0.2) is 0 Å². The van der Waals surface area contributed by atoms with Gasteiger partial charge in [-0.1, -0.05) is 60.7 Å². The van der Waals surface area contributed by atoms with E-state index < -0.39 is 22.6 Å². The maximum Gasteiger partial charge on any atom is 0.294 e. The van der Waals surface area contributed by atoms with Crippen LogP contribution in [0.4, 0.5) is 0 Å². The van der Waals surface area contributed by atoms with Crippen molar-refractivity contribution in [3.8, 4) is 0 Å². The summed E-state index contributed by atoms with van der Waals surface area (Å²) in [5.74, 6) is -1.01. The lowest BCUT2D eigenvalue weighted by Crippen LogP contribution is -2.52. The molecule has 0 aromatic heterocycles. The zero-order valence-electron chi connectivity index (χ0n) is 15.3. The fourth-order valence-electron chi connectivity index (χ4n) is 2.51. The summed E-state index contributed by atoms with van der Waals surface area (Å²) in [6, 6.07) is 16.5. The third-order valence-electron chi connectivity index (χ3n) is 4.30. The van der Waals surface area contributed by atoms with Crippen molar-refractivity contribution in [2.24, 2.45) is 0 Å². The minimum atomic E-state index is -1.67. The van der Waals surface area contributed by atoms with Crippen molar-refractivity contribution in [3.63, 3.8) is 0 Å². The number of carbonyl (C=O) groups excluding carboxylic acids is 2. The largest absolute Gasteiger partial charge is 0.566 e. The molecular weight excluding hydrogens is 332 g/mol. The Morgan fingerprint density at radius 2 is 0.923 bits per heavy atom. The first kappa shape index (κ1) is 19.3. The summed E-state index contributed by atoms with van der Waals surface area (Å²) < 4.78 is 0. The van der Waals surface area contributed by atoms with E-state index in [4.69, 9.17) is 0 Å². The van der Waals surface area contributed by atoms with Crippen LogP contribution < -0.4 is 0 Å². The van der Waals surface area contributed by atoms with Crippen molar-refractivity contribution in [2.45, 2.75) is 38.8 Å². The van der Waals surface area contributed by atoms with Gasteiger partial charge in [0.2, 0.25) is 11.6 Å². The maximum atomic E-state index is 12.7. The zero-order valence-corrected chi connectivity index (χ0v) is 15.3. The fraction of sp³-hybridized carbons (Fsp3) is 0.300. The number of rotatable bonds is 6. The van der Waals surface area contributed by atoms with Crippen LogP contribution in [0.25, 0.3) is 0 Å². The minimum Gasteiger partial charge on any atom is -0.566 e. The van der Waals surface area contributed by atoms with Gasteiger partial charge in [-0.05, 0) is 0 Å². The van der Waals surface area contributed by atoms with Crippen LogP contribution in [0, 0.1) is 10.4 Å². The van der Waals surface area contributed by atoms with E-state index in [1.54, 1.807) is 60.7 Å². The molecule has 6 nitrogen and oxygen atoms in total. The molecule has 0 atom stereocenters. The number of Topliss-reactive ketones (excluding diaryl/α,β-unsaturated/α-hetero) is 2. The van der Waals surface area contributed by atoms with E-state index in [2.05, 4.69) is 0 Å². The van der Waals surface area contributed by atoms with E-state index >= 15 is 0 Å². The summed E-state index contributed by atoms with van der Waals surface area (Å²) >= 11 is 0. The molecule has 0 spiro atoms. The van der Waals surface area contributed by atoms with Gasteiger partial charge in [0, 0.05) is 48.5 Å². The molecule has 0 aliphatic carbocycles. The molecule has 0 fully saturated rings. The van der Waals surface area contributed by atoms with Crippen LogP contribution in [0.2, 0.25) is 0 Å². The molecular formula is C20H22N2O4. The number of carbonyl (C=O) groups is 2. The van der Waals surface area contributed by atoms with Crippen molar-refractivity contribution in [1.82, 2.24) is 0 Å². The van der Waals surface area contributed by atoms with Gasteiger partial charge >= 0.3 is 0 Å². The quantitative estimate of drug-likeness (QED) is 0.342. The number of hydrogen-bond acceptors (Lipinski definition) is 4. The second-order valence-electron chi connectivity index (χ2n) is 7.05. The van der Waals surface area contributed by atoms with Crippen molar-refractivity contribution in [3.05, 3.63) is 82.2 Å². The Hall–Kier alpha value is -3.02. The van der Waals surface area contributed by atoms with E-state index in [1.165, 1.54) is 27.7 Å². The summed E-state index contributed by atoms with van der Waals surface area (Å²) in [5, 5.41) is 25.4. The van der Waals surface area contributed by atoms with E-state index in [9.17, 15) is 20.0 Å². The molecule has 0 aliphatic rings. The van der Waals surface area contributed by atoms with Crippen molar-refractivity contribution < 1.29 is 19.3 Å². The minimum absolute atomic E-state index is 0.0448. The van der Waals surface area contributed by atoms with Gasteiger partial charge in [0.25, 0.3) is 11.1 Å². The molecule has 0 aliphatic heterocycles. The number of hydrogen-bond donors (Lipinski definition) is 0. The molecule has 26 heavy (non-hydrogen) atoms. The molecule has 2 aromatic carbocycles. The molecule has 0 saturated heterocycles. The number of nitrogens with zero attached hydrogens (tertiary/aromatic N) is 2. The highest BCUT2D eigenvalue weighted by atomic mass is 16.6. The Morgan fingerprint density at radius 3 is 1.19 bits per heavy atom. The summed E-state index contributed by atoms with van der Waals surface area (Å²) in [7, 11) is 0. The molecule has 0 unspecified atom stereocenters. The maximum absolute atomic E-state index is 12.7. The Bertz CT molecular complexity index is 769. The zero-order chi connectivity index (χ0) is 19.5. The second-order valence-corrected chi connectivity index (χ2v) is 7.05. The Kier molecular flexibility index (Phi) is 5.25. The third kappa shape index (κ3) is 3.49. The van der Waals surface area contributed by atoms with Gasteiger partial charge in [-0.2, -0.15) is 0 Å². The molecule has 136 valence electrons. The first-order chi connectivity index (χ1) is 12.1. The van der Waals surface area contributed by atoms with Gasteiger partial charge in [0.1, 0.15) is 0 Å². The molecule has 6 heteroatoms. The monoisotopic (exact) mass is 354 g/mol. The van der Waals surface area contributed by atoms with Gasteiger partial charge in [-0.15, -0.1) is 0 Å². The fourth-order valence-corrected chi connectivity index (χ4v) is 2.51. The predicted molar refractivity (Wildman–Crippen MR) is 97.0 cm³/mol. The van der Waals surface area contributed by atoms with Crippen LogP contribution in [0.15, 0.2) is 60.7 Å². The topological polar surface area (TPSA) is 86.3 Å². The van der Waals surface area contributed by atoms with E-state index in [1.807, 2.05) is 0 Å². The molecule has 0 heterocycles. The average Bonchev–Trinajstić information content (AvgIpc) is 2.66. The highest BCUT2D eigenvalue weighted by Gasteiger charge is 2.49. The van der Waals surface area contributed by atoms with E-state index in [0.29, 0.717) is 11.1 Å². The van der Waals surface area contributed by atoms with Crippen LogP contribution in [0.3, 0.4) is 0 Å². The van der Waals surface area contributed by atoms with Gasteiger partial charge in [-0.25, -0.2) is 0 Å². The van der Waals surface area contributed by atoms with E-state index in [0.717, 1.165) is 0 Å². The lowest BCUT2D eigenvalue weighted by atomic mass is 9.92. The molecule has 2 aromatic rings. The highest BCUT2D eigenvalue weighted by molar-refractivity contribution is 6.02. The van der Waals surface area contributed by atoms with Crippen molar-refractivity contribution in [1.29, 1.82) is 0 Å². The summed E-state index contributed by atoms with van der Waals surface area (Å²) in [6.45, 7) is 5.46. The lowest BCUT2D eigenvalue weighted by Gasteiger charge is -2.24. The lowest BCUT2D eigenvalue weighted by molar-refractivity contribution is -1.01. The molecule has 0 N–H and O–H groups in total. The van der Waals surface area contributed by atoms with Gasteiger partial charge in [-0.3, -0.25) is 9.59 Å². The molecule has 0 saturated carbocycles. The van der Waals surface area contributed by atoms with Crippen LogP contribution in [0.5, 0.6) is 0 Å². The molecule has 0 bridgehead atoms. The van der Waals surface area contributed by atoms with Crippen LogP contribution in [-0.4, -0.2) is 32.4 Å². The first-order valence-electron chi connectivity index (χ1n) is 8.24. The smallest absolute Gasteiger partial charge is 0.294 e. The van der Waals surface area contributed by atoms with Crippen LogP contribution >= 0.6 is 0 Å².